The summed E-state index contributed by atoms with van der Waals surface area (Å²) in [7, 11) is 1.57. The standard InChI is InChI=1S/C23H37BrN4O6/c1-25-20(30)16-17-22(32)28(7-4-2-3-5-11-29)19(23(17)14-15(24)18(16)34-23)21(31)26-6-8-27-9-12-33-13-10-27/h15-19,29H,2-14H2,1H3,(H,25,30)(H,26,31)/t15?,16-,17-,18-,19?,23?/m0/s1. The van der Waals surface area contributed by atoms with Crippen LogP contribution < -0.4 is 10.6 Å². The Balaban J connectivity index is 1.50. The largest absolute Gasteiger partial charge is 0.396 e. The Morgan fingerprint density at radius 2 is 1.88 bits per heavy atom. The summed E-state index contributed by atoms with van der Waals surface area (Å²) in [4.78, 5) is 43.8. The summed E-state index contributed by atoms with van der Waals surface area (Å²) >= 11 is 3.66. The van der Waals surface area contributed by atoms with E-state index in [1.807, 2.05) is 0 Å². The van der Waals surface area contributed by atoms with Gasteiger partial charge in [-0.15, -0.1) is 0 Å². The SMILES string of the molecule is CNC(=O)[C@H]1[C@H]2C(=O)N(CCCCCCO)C(C(=O)NCCN3CCOCC3)C23CC(Br)[C@@H]1O3. The maximum atomic E-state index is 13.7. The van der Waals surface area contributed by atoms with Gasteiger partial charge in [-0.25, -0.2) is 0 Å². The number of nitrogens with zero attached hydrogens (tertiary/aromatic N) is 2. The second-order valence-electron chi connectivity index (χ2n) is 9.69. The number of carbonyl (C=O) groups excluding carboxylic acids is 3. The van der Waals surface area contributed by atoms with Crippen molar-refractivity contribution in [1.82, 2.24) is 20.4 Å². The van der Waals surface area contributed by atoms with Gasteiger partial charge in [0, 0.05) is 51.2 Å². The first-order valence-electron chi connectivity index (χ1n) is 12.5. The van der Waals surface area contributed by atoms with Gasteiger partial charge in [0.05, 0.1) is 31.2 Å². The minimum atomic E-state index is -0.999. The fraction of sp³-hybridized carbons (Fsp3) is 0.870. The van der Waals surface area contributed by atoms with Gasteiger partial charge in [-0.3, -0.25) is 19.3 Å². The second kappa shape index (κ2) is 11.2. The smallest absolute Gasteiger partial charge is 0.245 e. The Morgan fingerprint density at radius 1 is 1.15 bits per heavy atom. The van der Waals surface area contributed by atoms with Crippen LogP contribution in [-0.2, 0) is 23.9 Å². The third kappa shape index (κ3) is 4.74. The average molecular weight is 545 g/mol. The third-order valence-corrected chi connectivity index (χ3v) is 8.57. The van der Waals surface area contributed by atoms with Crippen molar-refractivity contribution < 1.29 is 29.0 Å². The van der Waals surface area contributed by atoms with E-state index in [2.05, 4.69) is 31.5 Å². The molecule has 1 spiro atoms. The van der Waals surface area contributed by atoms with Crippen LogP contribution in [0.15, 0.2) is 0 Å². The Bertz CT molecular complexity index is 766. The van der Waals surface area contributed by atoms with Gasteiger partial charge >= 0.3 is 0 Å². The Hall–Kier alpha value is -1.27. The Kier molecular flexibility index (Phi) is 8.50. The van der Waals surface area contributed by atoms with E-state index < -0.39 is 29.6 Å². The molecule has 4 saturated heterocycles. The fourth-order valence-electron chi connectivity index (χ4n) is 6.14. The van der Waals surface area contributed by atoms with Gasteiger partial charge in [-0.1, -0.05) is 28.8 Å². The van der Waals surface area contributed by atoms with Crippen LogP contribution in [0.25, 0.3) is 0 Å². The summed E-state index contributed by atoms with van der Waals surface area (Å²) in [6, 6.07) is -0.757. The van der Waals surface area contributed by atoms with Crippen molar-refractivity contribution in [3.63, 3.8) is 0 Å². The normalized spacial score (nSPS) is 35.0. The van der Waals surface area contributed by atoms with Crippen LogP contribution in [0.4, 0.5) is 0 Å². The average Bonchev–Trinajstić information content (AvgIpc) is 3.42. The van der Waals surface area contributed by atoms with Crippen LogP contribution in [-0.4, -0.2) is 115 Å². The molecule has 11 heteroatoms. The number of amides is 3. The number of nitrogens with one attached hydrogen (secondary N) is 2. The maximum Gasteiger partial charge on any atom is 0.245 e. The van der Waals surface area contributed by atoms with Crippen LogP contribution in [0.3, 0.4) is 0 Å². The van der Waals surface area contributed by atoms with E-state index in [9.17, 15) is 14.4 Å². The van der Waals surface area contributed by atoms with Gasteiger partial charge in [0.2, 0.25) is 17.7 Å². The molecule has 0 aromatic carbocycles. The van der Waals surface area contributed by atoms with Crippen LogP contribution in [0.2, 0.25) is 0 Å². The third-order valence-electron chi connectivity index (χ3n) is 7.72. The van der Waals surface area contributed by atoms with E-state index in [0.29, 0.717) is 32.7 Å². The number of aliphatic hydroxyl groups is 1. The minimum absolute atomic E-state index is 0.0907. The van der Waals surface area contributed by atoms with Crippen molar-refractivity contribution in [2.75, 3.05) is 59.6 Å². The van der Waals surface area contributed by atoms with Gasteiger partial charge in [-0.2, -0.15) is 0 Å². The highest BCUT2D eigenvalue weighted by atomic mass is 79.9. The predicted molar refractivity (Wildman–Crippen MR) is 127 cm³/mol. The summed E-state index contributed by atoms with van der Waals surface area (Å²) in [5.41, 5.74) is -0.999. The molecule has 0 aromatic rings. The topological polar surface area (TPSA) is 120 Å². The maximum absolute atomic E-state index is 13.7. The molecule has 0 aromatic heterocycles. The number of likely N-dealkylation sites (tertiary alicyclic amines) is 1. The molecule has 4 aliphatic rings. The van der Waals surface area contributed by atoms with Gasteiger partial charge in [0.25, 0.3) is 0 Å². The summed E-state index contributed by atoms with van der Waals surface area (Å²) in [6.45, 7) is 4.86. The molecule has 192 valence electrons. The molecule has 0 radical (unpaired) electrons. The van der Waals surface area contributed by atoms with E-state index in [0.717, 1.165) is 45.3 Å². The van der Waals surface area contributed by atoms with Crippen molar-refractivity contribution in [3.8, 4) is 0 Å². The molecule has 6 atom stereocenters. The van der Waals surface area contributed by atoms with Crippen molar-refractivity contribution in [2.24, 2.45) is 11.8 Å². The van der Waals surface area contributed by atoms with Crippen molar-refractivity contribution in [1.29, 1.82) is 0 Å². The van der Waals surface area contributed by atoms with Gasteiger partial charge in [0.15, 0.2) is 0 Å². The lowest BCUT2D eigenvalue weighted by Gasteiger charge is -2.34. The molecule has 3 amide bonds. The van der Waals surface area contributed by atoms with Crippen LogP contribution in [0, 0.1) is 11.8 Å². The van der Waals surface area contributed by atoms with Crippen LogP contribution in [0.5, 0.6) is 0 Å². The number of aliphatic hydroxyl groups excluding tert-OH is 1. The highest BCUT2D eigenvalue weighted by Crippen LogP contribution is 2.59. The van der Waals surface area contributed by atoms with E-state index in [1.54, 1.807) is 11.9 Å². The lowest BCUT2D eigenvalue weighted by molar-refractivity contribution is -0.142. The second-order valence-corrected chi connectivity index (χ2v) is 10.9. The van der Waals surface area contributed by atoms with Gasteiger partial charge in [0.1, 0.15) is 11.6 Å². The Labute approximate surface area is 209 Å². The fourth-order valence-corrected chi connectivity index (χ4v) is 7.09. The lowest BCUT2D eigenvalue weighted by Crippen LogP contribution is -2.56. The molecule has 4 fully saturated rings. The molecule has 34 heavy (non-hydrogen) atoms. The molecule has 0 aliphatic carbocycles. The first-order chi connectivity index (χ1) is 16.4. The Morgan fingerprint density at radius 3 is 2.59 bits per heavy atom. The van der Waals surface area contributed by atoms with Crippen molar-refractivity contribution in [2.45, 2.75) is 54.7 Å². The van der Waals surface area contributed by atoms with E-state index in [-0.39, 0.29) is 29.2 Å². The predicted octanol–water partition coefficient (Wildman–Crippen LogP) is -0.518. The molecule has 4 heterocycles. The van der Waals surface area contributed by atoms with E-state index in [4.69, 9.17) is 14.6 Å². The highest BCUT2D eigenvalue weighted by molar-refractivity contribution is 9.09. The number of alkyl halides is 1. The zero-order valence-corrected chi connectivity index (χ0v) is 21.4. The molecular weight excluding hydrogens is 508 g/mol. The molecule has 2 bridgehead atoms. The van der Waals surface area contributed by atoms with Gasteiger partial charge < -0.3 is 30.1 Å². The first-order valence-corrected chi connectivity index (χ1v) is 13.4. The number of hydrogen-bond donors (Lipinski definition) is 3. The number of rotatable bonds is 11. The van der Waals surface area contributed by atoms with E-state index >= 15 is 0 Å². The minimum Gasteiger partial charge on any atom is -0.396 e. The summed E-state index contributed by atoms with van der Waals surface area (Å²) in [6.07, 6.45) is 3.27. The van der Waals surface area contributed by atoms with Crippen LogP contribution in [0.1, 0.15) is 32.1 Å². The highest BCUT2D eigenvalue weighted by Gasteiger charge is 2.76. The number of fused-ring (bicyclic) bond motifs is 1. The molecule has 10 nitrogen and oxygen atoms in total. The first kappa shape index (κ1) is 25.8. The van der Waals surface area contributed by atoms with Crippen molar-refractivity contribution >= 4 is 33.7 Å². The van der Waals surface area contributed by atoms with Gasteiger partial charge in [-0.05, 0) is 19.3 Å². The molecular formula is C23H37BrN4O6. The number of halogens is 1. The number of unbranched alkanes of at least 4 members (excludes halogenated alkanes) is 3. The number of hydrogen-bond acceptors (Lipinski definition) is 7. The quantitative estimate of drug-likeness (QED) is 0.236. The zero-order valence-electron chi connectivity index (χ0n) is 19.8. The lowest BCUT2D eigenvalue weighted by atomic mass is 9.70. The molecule has 0 saturated carbocycles. The van der Waals surface area contributed by atoms with Crippen LogP contribution >= 0.6 is 15.9 Å². The summed E-state index contributed by atoms with van der Waals surface area (Å²) in [5.74, 6) is -1.86. The molecule has 3 N–H and O–H groups in total. The summed E-state index contributed by atoms with van der Waals surface area (Å²) < 4.78 is 11.8. The molecule has 3 unspecified atom stereocenters. The monoisotopic (exact) mass is 544 g/mol. The molecule has 4 aliphatic heterocycles. The van der Waals surface area contributed by atoms with E-state index in [1.165, 1.54) is 0 Å². The zero-order chi connectivity index (χ0) is 24.3. The molecule has 4 rings (SSSR count). The summed E-state index contributed by atoms with van der Waals surface area (Å²) in [5, 5.41) is 14.8. The number of morpholine rings is 1. The van der Waals surface area contributed by atoms with Crippen molar-refractivity contribution in [3.05, 3.63) is 0 Å². The number of ether oxygens (including phenoxy) is 2. The number of carbonyl (C=O) groups is 3.